The van der Waals surface area contributed by atoms with Gasteiger partial charge in [0.25, 0.3) is 11.6 Å². The maximum atomic E-state index is 12.1. The topological polar surface area (TPSA) is 105 Å². The lowest BCUT2D eigenvalue weighted by atomic mass is 10.2. The van der Waals surface area contributed by atoms with Gasteiger partial charge >= 0.3 is 4.87 Å². The largest absolute Gasteiger partial charge is 0.321 e. The van der Waals surface area contributed by atoms with Crippen LogP contribution in [0.25, 0.3) is 0 Å². The standard InChI is InChI=1S/C12H11N3O4S/c1-6-3-4-8(15(18)19)5-9(6)14-11(16)10-7(2)13-12(17)20-10/h3-5H,1-2H3,(H,13,17)(H,14,16). The zero-order valence-electron chi connectivity index (χ0n) is 10.7. The summed E-state index contributed by atoms with van der Waals surface area (Å²) in [5, 5.41) is 13.3. The van der Waals surface area contributed by atoms with Crippen LogP contribution in [0, 0.1) is 24.0 Å². The number of nitro groups is 1. The van der Waals surface area contributed by atoms with E-state index in [2.05, 4.69) is 10.3 Å². The minimum absolute atomic E-state index is 0.107. The Balaban J connectivity index is 2.32. The van der Waals surface area contributed by atoms with E-state index in [0.29, 0.717) is 16.9 Å². The molecule has 2 aromatic rings. The lowest BCUT2D eigenvalue weighted by Crippen LogP contribution is -2.12. The van der Waals surface area contributed by atoms with E-state index in [4.69, 9.17) is 0 Å². The molecule has 7 nitrogen and oxygen atoms in total. The number of aromatic amines is 1. The molecular formula is C12H11N3O4S. The smallest absolute Gasteiger partial charge is 0.305 e. The quantitative estimate of drug-likeness (QED) is 0.668. The van der Waals surface area contributed by atoms with Crippen molar-refractivity contribution in [2.24, 2.45) is 0 Å². The third-order valence-electron chi connectivity index (χ3n) is 2.71. The van der Waals surface area contributed by atoms with Gasteiger partial charge in [-0.1, -0.05) is 17.4 Å². The Bertz CT molecular complexity index is 747. The number of carbonyl (C=O) groups is 1. The molecule has 20 heavy (non-hydrogen) atoms. The highest BCUT2D eigenvalue weighted by atomic mass is 32.1. The predicted octanol–water partition coefficient (Wildman–Crippen LogP) is 2.21. The van der Waals surface area contributed by atoms with Gasteiger partial charge in [-0.15, -0.1) is 0 Å². The number of thiazole rings is 1. The van der Waals surface area contributed by atoms with E-state index < -0.39 is 10.8 Å². The first kappa shape index (κ1) is 13.9. The summed E-state index contributed by atoms with van der Waals surface area (Å²) in [6.45, 7) is 3.35. The van der Waals surface area contributed by atoms with Crippen LogP contribution in [0.4, 0.5) is 11.4 Å². The molecule has 104 valence electrons. The molecule has 0 saturated heterocycles. The third kappa shape index (κ3) is 2.75. The Kier molecular flexibility index (Phi) is 3.66. The van der Waals surface area contributed by atoms with Crippen LogP contribution in [0.1, 0.15) is 20.9 Å². The van der Waals surface area contributed by atoms with E-state index in [1.165, 1.54) is 12.1 Å². The van der Waals surface area contributed by atoms with Crippen LogP contribution >= 0.6 is 11.3 Å². The molecule has 0 aliphatic heterocycles. The number of hydrogen-bond acceptors (Lipinski definition) is 5. The number of non-ortho nitro benzene ring substituents is 1. The molecule has 1 aromatic heterocycles. The molecule has 0 saturated carbocycles. The van der Waals surface area contributed by atoms with Gasteiger partial charge in [-0.25, -0.2) is 0 Å². The second kappa shape index (κ2) is 5.25. The van der Waals surface area contributed by atoms with E-state index in [9.17, 15) is 19.7 Å². The Labute approximate surface area is 117 Å². The van der Waals surface area contributed by atoms with Gasteiger partial charge in [-0.05, 0) is 19.4 Å². The molecule has 0 aliphatic carbocycles. The fourth-order valence-corrected chi connectivity index (χ4v) is 2.40. The molecule has 1 amide bonds. The average Bonchev–Trinajstić information content (AvgIpc) is 2.71. The van der Waals surface area contributed by atoms with Gasteiger partial charge in [0.2, 0.25) is 0 Å². The molecule has 0 fully saturated rings. The molecule has 0 atom stereocenters. The van der Waals surface area contributed by atoms with Crippen LogP contribution in [0.15, 0.2) is 23.0 Å². The number of H-pyrrole nitrogens is 1. The normalized spacial score (nSPS) is 10.3. The molecule has 2 N–H and O–H groups in total. The van der Waals surface area contributed by atoms with Gasteiger partial charge in [0.1, 0.15) is 4.88 Å². The SMILES string of the molecule is Cc1ccc([N+](=O)[O-])cc1NC(=O)c1sc(=O)[nH]c1C. The molecule has 8 heteroatoms. The number of aromatic nitrogens is 1. The monoisotopic (exact) mass is 293 g/mol. The maximum Gasteiger partial charge on any atom is 0.305 e. The summed E-state index contributed by atoms with van der Waals surface area (Å²) in [5.74, 6) is -0.463. The number of rotatable bonds is 3. The number of amides is 1. The Morgan fingerprint density at radius 1 is 1.40 bits per heavy atom. The molecule has 0 unspecified atom stereocenters. The Morgan fingerprint density at radius 2 is 2.10 bits per heavy atom. The van der Waals surface area contributed by atoms with Gasteiger partial charge in [0.15, 0.2) is 0 Å². The van der Waals surface area contributed by atoms with Crippen molar-refractivity contribution in [1.82, 2.24) is 4.98 Å². The lowest BCUT2D eigenvalue weighted by Gasteiger charge is -2.07. The first-order valence-corrected chi connectivity index (χ1v) is 6.46. The number of anilines is 1. The lowest BCUT2D eigenvalue weighted by molar-refractivity contribution is -0.384. The zero-order valence-corrected chi connectivity index (χ0v) is 11.5. The molecule has 0 spiro atoms. The first-order chi connectivity index (χ1) is 9.38. The summed E-state index contributed by atoms with van der Waals surface area (Å²) >= 11 is 0.801. The highest BCUT2D eigenvalue weighted by molar-refractivity contribution is 7.11. The van der Waals surface area contributed by atoms with Gasteiger partial charge < -0.3 is 10.3 Å². The van der Waals surface area contributed by atoms with Crippen molar-refractivity contribution in [2.45, 2.75) is 13.8 Å². The summed E-state index contributed by atoms with van der Waals surface area (Å²) in [7, 11) is 0. The molecule has 1 heterocycles. The second-order valence-electron chi connectivity index (χ2n) is 4.18. The highest BCUT2D eigenvalue weighted by Gasteiger charge is 2.16. The van der Waals surface area contributed by atoms with Gasteiger partial charge in [-0.3, -0.25) is 19.7 Å². The average molecular weight is 293 g/mol. The number of nitro benzene ring substituents is 1. The van der Waals surface area contributed by atoms with Crippen molar-refractivity contribution in [3.63, 3.8) is 0 Å². The number of aryl methyl sites for hydroxylation is 2. The summed E-state index contributed by atoms with van der Waals surface area (Å²) in [4.78, 5) is 35.9. The summed E-state index contributed by atoms with van der Waals surface area (Å²) in [5.41, 5.74) is 1.42. The fraction of sp³-hybridized carbons (Fsp3) is 0.167. The summed E-state index contributed by atoms with van der Waals surface area (Å²) in [6.07, 6.45) is 0. The highest BCUT2D eigenvalue weighted by Crippen LogP contribution is 2.23. The number of nitrogens with one attached hydrogen (secondary N) is 2. The van der Waals surface area contributed by atoms with Crippen LogP contribution in [-0.2, 0) is 0 Å². The van der Waals surface area contributed by atoms with E-state index in [-0.39, 0.29) is 15.4 Å². The molecule has 2 rings (SSSR count). The van der Waals surface area contributed by atoms with Crippen molar-refractivity contribution in [1.29, 1.82) is 0 Å². The van der Waals surface area contributed by atoms with E-state index in [0.717, 1.165) is 11.3 Å². The fourth-order valence-electron chi connectivity index (χ4n) is 1.66. The van der Waals surface area contributed by atoms with Crippen LogP contribution in [0.3, 0.4) is 0 Å². The zero-order chi connectivity index (χ0) is 14.9. The molecule has 1 aromatic carbocycles. The van der Waals surface area contributed by atoms with Gasteiger partial charge in [0, 0.05) is 17.8 Å². The Hall–Kier alpha value is -2.48. The maximum absolute atomic E-state index is 12.1. The molecule has 0 bridgehead atoms. The minimum atomic E-state index is -0.533. The molecule has 0 aliphatic rings. The molecular weight excluding hydrogens is 282 g/mol. The predicted molar refractivity (Wildman–Crippen MR) is 75.5 cm³/mol. The summed E-state index contributed by atoms with van der Waals surface area (Å²) < 4.78 is 0. The van der Waals surface area contributed by atoms with Crippen LogP contribution in [0.5, 0.6) is 0 Å². The van der Waals surface area contributed by atoms with E-state index in [1.807, 2.05) is 0 Å². The van der Waals surface area contributed by atoms with Gasteiger partial charge in [0.05, 0.1) is 10.6 Å². The number of carbonyl (C=O) groups excluding carboxylic acids is 1. The van der Waals surface area contributed by atoms with Crippen molar-refractivity contribution in [3.8, 4) is 0 Å². The summed E-state index contributed by atoms with van der Waals surface area (Å²) in [6, 6.07) is 4.21. The van der Waals surface area contributed by atoms with Crippen LogP contribution < -0.4 is 10.2 Å². The van der Waals surface area contributed by atoms with Gasteiger partial charge in [-0.2, -0.15) is 0 Å². The van der Waals surface area contributed by atoms with Crippen molar-refractivity contribution < 1.29 is 9.72 Å². The molecule has 0 radical (unpaired) electrons. The van der Waals surface area contributed by atoms with Crippen molar-refractivity contribution >= 4 is 28.6 Å². The first-order valence-electron chi connectivity index (χ1n) is 5.64. The number of nitrogens with zero attached hydrogens (tertiary/aromatic N) is 1. The number of hydrogen-bond donors (Lipinski definition) is 2. The van der Waals surface area contributed by atoms with Crippen LogP contribution in [0.2, 0.25) is 0 Å². The minimum Gasteiger partial charge on any atom is -0.321 e. The van der Waals surface area contributed by atoms with Crippen LogP contribution in [-0.4, -0.2) is 15.8 Å². The number of benzene rings is 1. The Morgan fingerprint density at radius 3 is 2.65 bits per heavy atom. The van der Waals surface area contributed by atoms with Crippen molar-refractivity contribution in [3.05, 3.63) is 54.1 Å². The third-order valence-corrected chi connectivity index (χ3v) is 3.69. The van der Waals surface area contributed by atoms with E-state index >= 15 is 0 Å². The van der Waals surface area contributed by atoms with Crippen molar-refractivity contribution in [2.75, 3.05) is 5.32 Å². The van der Waals surface area contributed by atoms with E-state index in [1.54, 1.807) is 19.9 Å². The second-order valence-corrected chi connectivity index (χ2v) is 5.16.